The molecule has 0 radical (unpaired) electrons. The Morgan fingerprint density at radius 2 is 2.00 bits per heavy atom. The molecule has 2 heteroatoms. The molecule has 1 saturated carbocycles. The molecule has 0 aromatic carbocycles. The maximum absolute atomic E-state index is 5.62. The number of hydrogen-bond acceptors (Lipinski definition) is 2. The molecule has 1 fully saturated rings. The Kier molecular flexibility index (Phi) is 11.0. The minimum Gasteiger partial charge on any atom is -0.501 e. The van der Waals surface area contributed by atoms with Crippen LogP contribution in [0.1, 0.15) is 45.4 Å². The summed E-state index contributed by atoms with van der Waals surface area (Å²) in [6.07, 6.45) is 20.2. The van der Waals surface area contributed by atoms with Crippen molar-refractivity contribution >= 4 is 0 Å². The van der Waals surface area contributed by atoms with Crippen molar-refractivity contribution in [2.75, 3.05) is 26.7 Å². The highest BCUT2D eigenvalue weighted by molar-refractivity contribution is 5.38. The van der Waals surface area contributed by atoms with Crippen LogP contribution in [-0.4, -0.2) is 31.6 Å². The van der Waals surface area contributed by atoms with Crippen molar-refractivity contribution in [3.63, 3.8) is 0 Å². The number of nitrogens with zero attached hydrogens (tertiary/aromatic N) is 1. The van der Waals surface area contributed by atoms with Gasteiger partial charge in [-0.3, -0.25) is 4.90 Å². The third-order valence-electron chi connectivity index (χ3n) is 4.31. The zero-order valence-corrected chi connectivity index (χ0v) is 15.7. The first-order valence-electron chi connectivity index (χ1n) is 9.31. The van der Waals surface area contributed by atoms with E-state index in [0.717, 1.165) is 43.2 Å². The molecule has 0 N–H and O–H groups in total. The maximum Gasteiger partial charge on any atom is 0.0879 e. The monoisotopic (exact) mass is 329 g/mol. The Morgan fingerprint density at radius 3 is 2.67 bits per heavy atom. The fourth-order valence-electron chi connectivity index (χ4n) is 2.90. The summed E-state index contributed by atoms with van der Waals surface area (Å²) >= 11 is 0. The molecule has 24 heavy (non-hydrogen) atoms. The van der Waals surface area contributed by atoms with E-state index in [1.165, 1.54) is 32.1 Å². The highest BCUT2D eigenvalue weighted by atomic mass is 16.5. The molecule has 134 valence electrons. The zero-order valence-electron chi connectivity index (χ0n) is 15.7. The van der Waals surface area contributed by atoms with Gasteiger partial charge in [-0.1, -0.05) is 69.7 Å². The van der Waals surface area contributed by atoms with E-state index in [4.69, 9.17) is 4.74 Å². The van der Waals surface area contributed by atoms with Gasteiger partial charge in [-0.15, -0.1) is 0 Å². The van der Waals surface area contributed by atoms with Gasteiger partial charge in [0.15, 0.2) is 0 Å². The minimum atomic E-state index is 0.743. The van der Waals surface area contributed by atoms with Gasteiger partial charge in [0.1, 0.15) is 0 Å². The highest BCUT2D eigenvalue weighted by Gasteiger charge is 2.10. The molecule has 0 saturated heterocycles. The fraction of sp³-hybridized carbons (Fsp3) is 0.545. The number of allylic oxidation sites excluding steroid dienone is 4. The predicted molar refractivity (Wildman–Crippen MR) is 106 cm³/mol. The summed E-state index contributed by atoms with van der Waals surface area (Å²) in [6.45, 7) is 12.5. The van der Waals surface area contributed by atoms with E-state index < -0.39 is 0 Å². The van der Waals surface area contributed by atoms with Crippen molar-refractivity contribution < 1.29 is 4.74 Å². The normalized spacial score (nSPS) is 17.0. The molecule has 1 aliphatic carbocycles. The van der Waals surface area contributed by atoms with E-state index in [1.807, 2.05) is 18.4 Å². The van der Waals surface area contributed by atoms with Crippen LogP contribution in [-0.2, 0) is 4.74 Å². The summed E-state index contributed by atoms with van der Waals surface area (Å²) in [7, 11) is 2.14. The van der Waals surface area contributed by atoms with E-state index >= 15 is 0 Å². The molecule has 0 bridgehead atoms. The van der Waals surface area contributed by atoms with Crippen LogP contribution in [0.3, 0.4) is 0 Å². The Bertz CT molecular complexity index is 453. The molecular weight excluding hydrogens is 294 g/mol. The van der Waals surface area contributed by atoms with E-state index in [2.05, 4.69) is 44.2 Å². The molecule has 0 aromatic heterocycles. The lowest BCUT2D eigenvalue weighted by atomic mass is 9.89. The third-order valence-corrected chi connectivity index (χ3v) is 4.31. The lowest BCUT2D eigenvalue weighted by Gasteiger charge is -2.20. The summed E-state index contributed by atoms with van der Waals surface area (Å²) < 4.78 is 5.62. The van der Waals surface area contributed by atoms with Gasteiger partial charge < -0.3 is 4.74 Å². The van der Waals surface area contributed by atoms with Gasteiger partial charge in [-0.25, -0.2) is 0 Å². The molecule has 0 atom stereocenters. The van der Waals surface area contributed by atoms with Crippen LogP contribution in [0.2, 0.25) is 0 Å². The van der Waals surface area contributed by atoms with Gasteiger partial charge >= 0.3 is 0 Å². The largest absolute Gasteiger partial charge is 0.501 e. The maximum atomic E-state index is 5.62. The fourth-order valence-corrected chi connectivity index (χ4v) is 2.90. The van der Waals surface area contributed by atoms with Crippen LogP contribution < -0.4 is 0 Å². The van der Waals surface area contributed by atoms with Crippen molar-refractivity contribution in [2.45, 2.75) is 45.4 Å². The number of ether oxygens (including phenoxy) is 1. The van der Waals surface area contributed by atoms with Crippen molar-refractivity contribution in [1.82, 2.24) is 4.90 Å². The van der Waals surface area contributed by atoms with E-state index in [-0.39, 0.29) is 0 Å². The summed E-state index contributed by atoms with van der Waals surface area (Å²) in [4.78, 5) is 2.30. The summed E-state index contributed by atoms with van der Waals surface area (Å²) in [5, 5.41) is 0. The lowest BCUT2D eigenvalue weighted by Crippen LogP contribution is -2.22. The quantitative estimate of drug-likeness (QED) is 0.210. The molecular formula is C22H35NO. The Hall–Kier alpha value is -1.54. The second kappa shape index (κ2) is 12.8. The summed E-state index contributed by atoms with van der Waals surface area (Å²) in [5.74, 6) is 0.792. The predicted octanol–water partition coefficient (Wildman–Crippen LogP) is 5.66. The van der Waals surface area contributed by atoms with Gasteiger partial charge in [-0.2, -0.15) is 0 Å². The van der Waals surface area contributed by atoms with Crippen LogP contribution >= 0.6 is 0 Å². The highest BCUT2D eigenvalue weighted by Crippen LogP contribution is 2.24. The molecule has 0 aromatic rings. The van der Waals surface area contributed by atoms with E-state index in [0.29, 0.717) is 0 Å². The van der Waals surface area contributed by atoms with Crippen molar-refractivity contribution in [3.05, 3.63) is 60.9 Å². The minimum absolute atomic E-state index is 0.743. The molecule has 0 heterocycles. The Labute approximate surface area is 149 Å². The van der Waals surface area contributed by atoms with Crippen LogP contribution in [0.5, 0.6) is 0 Å². The number of likely N-dealkylation sites (N-methyl/N-ethyl adjacent to an activating group) is 1. The molecule has 0 amide bonds. The average molecular weight is 330 g/mol. The third kappa shape index (κ3) is 8.93. The van der Waals surface area contributed by atoms with Crippen molar-refractivity contribution in [1.29, 1.82) is 0 Å². The number of rotatable bonds is 11. The molecule has 1 rings (SSSR count). The smallest absolute Gasteiger partial charge is 0.0879 e. The van der Waals surface area contributed by atoms with E-state index in [9.17, 15) is 0 Å². The Balaban J connectivity index is 2.52. The van der Waals surface area contributed by atoms with Gasteiger partial charge in [0.25, 0.3) is 0 Å². The molecule has 0 spiro atoms. The lowest BCUT2D eigenvalue weighted by molar-refractivity contribution is 0.244. The first-order valence-corrected chi connectivity index (χ1v) is 9.31. The molecule has 1 aliphatic rings. The Morgan fingerprint density at radius 1 is 1.25 bits per heavy atom. The second-order valence-electron chi connectivity index (χ2n) is 6.66. The van der Waals surface area contributed by atoms with Crippen LogP contribution in [0.15, 0.2) is 60.9 Å². The molecule has 0 aliphatic heterocycles. The summed E-state index contributed by atoms with van der Waals surface area (Å²) in [5.41, 5.74) is 2.10. The number of hydrogen-bond donors (Lipinski definition) is 0. The standard InChI is InChI=1S/C22H35NO/c1-5-7-12-20(3)22(19-24-17-6-2)18-23(4)16-11-15-21-13-9-8-10-14-21/h5,7,11-12,15,19,21H,1,3,6,8-10,13-14,16-18H2,2,4H3/b12-7-,15-11+,22-19-. The van der Waals surface area contributed by atoms with E-state index in [1.54, 1.807) is 6.08 Å². The van der Waals surface area contributed by atoms with Crippen LogP contribution in [0.4, 0.5) is 0 Å². The van der Waals surface area contributed by atoms with Crippen molar-refractivity contribution in [3.8, 4) is 0 Å². The van der Waals surface area contributed by atoms with Gasteiger partial charge in [0, 0.05) is 18.7 Å². The topological polar surface area (TPSA) is 12.5 Å². The van der Waals surface area contributed by atoms with Crippen LogP contribution in [0.25, 0.3) is 0 Å². The summed E-state index contributed by atoms with van der Waals surface area (Å²) in [6, 6.07) is 0. The zero-order chi connectivity index (χ0) is 17.6. The first kappa shape index (κ1) is 20.5. The van der Waals surface area contributed by atoms with Gasteiger partial charge in [0.2, 0.25) is 0 Å². The van der Waals surface area contributed by atoms with Gasteiger partial charge in [-0.05, 0) is 37.8 Å². The van der Waals surface area contributed by atoms with Gasteiger partial charge in [0.05, 0.1) is 12.9 Å². The SMILES string of the molecule is C=C/C=C\C(=C)/C(=C\OCCC)CN(C)C/C=C/C1CCCCC1. The first-order chi connectivity index (χ1) is 11.7. The second-order valence-corrected chi connectivity index (χ2v) is 6.66. The average Bonchev–Trinajstić information content (AvgIpc) is 2.60. The van der Waals surface area contributed by atoms with Crippen LogP contribution in [0, 0.1) is 5.92 Å². The molecule has 0 unspecified atom stereocenters. The van der Waals surface area contributed by atoms with Crippen molar-refractivity contribution in [2.24, 2.45) is 5.92 Å². The molecule has 2 nitrogen and oxygen atoms in total.